The van der Waals surface area contributed by atoms with Crippen molar-refractivity contribution in [1.29, 1.82) is 0 Å². The van der Waals surface area contributed by atoms with Gasteiger partial charge in [0.05, 0.1) is 13.7 Å². The van der Waals surface area contributed by atoms with Gasteiger partial charge < -0.3 is 14.8 Å². The van der Waals surface area contributed by atoms with Crippen molar-refractivity contribution >= 4 is 39.7 Å². The molecular weight excluding hydrogens is 394 g/mol. The minimum atomic E-state index is 0.0381. The molecule has 0 radical (unpaired) electrons. The molecule has 146 valence electrons. The average molecular weight is 416 g/mol. The molecular formula is C20H21N3O3S2. The highest BCUT2D eigenvalue weighted by atomic mass is 32.2. The van der Waals surface area contributed by atoms with Crippen LogP contribution < -0.4 is 14.8 Å². The molecule has 0 aliphatic heterocycles. The smallest absolute Gasteiger partial charge is 0.210 e. The monoisotopic (exact) mass is 415 g/mol. The molecule has 0 fully saturated rings. The van der Waals surface area contributed by atoms with Gasteiger partial charge in [0, 0.05) is 22.6 Å². The lowest BCUT2D eigenvalue weighted by Crippen LogP contribution is -1.99. The molecule has 1 aromatic heterocycles. The minimum absolute atomic E-state index is 0.0381. The number of ether oxygens (including phenoxy) is 2. The molecule has 1 N–H and O–H groups in total. The number of anilines is 2. The summed E-state index contributed by atoms with van der Waals surface area (Å²) in [7, 11) is 1.64. The maximum Gasteiger partial charge on any atom is 0.210 e. The van der Waals surface area contributed by atoms with Crippen molar-refractivity contribution in [3.05, 3.63) is 53.6 Å². The van der Waals surface area contributed by atoms with Crippen LogP contribution in [0.25, 0.3) is 0 Å². The van der Waals surface area contributed by atoms with Gasteiger partial charge in [-0.2, -0.15) is 0 Å². The molecule has 0 aliphatic rings. The number of ketones is 1. The molecule has 3 aromatic rings. The topological polar surface area (TPSA) is 73.3 Å². The van der Waals surface area contributed by atoms with Crippen LogP contribution in [0.15, 0.2) is 46.8 Å². The number of carbonyl (C=O) groups is 1. The molecule has 0 saturated heterocycles. The van der Waals surface area contributed by atoms with E-state index in [4.69, 9.17) is 9.47 Å². The molecule has 1 heterocycles. The van der Waals surface area contributed by atoms with Gasteiger partial charge in [0.2, 0.25) is 5.13 Å². The van der Waals surface area contributed by atoms with Gasteiger partial charge in [-0.05, 0) is 56.3 Å². The van der Waals surface area contributed by atoms with E-state index >= 15 is 0 Å². The zero-order chi connectivity index (χ0) is 19.9. The van der Waals surface area contributed by atoms with Gasteiger partial charge >= 0.3 is 0 Å². The van der Waals surface area contributed by atoms with Gasteiger partial charge in [0.15, 0.2) is 10.1 Å². The van der Waals surface area contributed by atoms with Crippen molar-refractivity contribution in [2.45, 2.75) is 23.9 Å². The Labute approximate surface area is 172 Å². The summed E-state index contributed by atoms with van der Waals surface area (Å²) in [6, 6.07) is 13.2. The largest absolute Gasteiger partial charge is 0.497 e. The number of nitrogens with zero attached hydrogens (tertiary/aromatic N) is 2. The Morgan fingerprint density at radius 1 is 1.18 bits per heavy atom. The van der Waals surface area contributed by atoms with E-state index in [1.165, 1.54) is 11.3 Å². The summed E-state index contributed by atoms with van der Waals surface area (Å²) < 4.78 is 11.7. The predicted octanol–water partition coefficient (Wildman–Crippen LogP) is 5.18. The molecule has 0 atom stereocenters. The highest BCUT2D eigenvalue weighted by Gasteiger charge is 2.11. The lowest BCUT2D eigenvalue weighted by atomic mass is 10.1. The fourth-order valence-corrected chi connectivity index (χ4v) is 4.21. The summed E-state index contributed by atoms with van der Waals surface area (Å²) in [5.41, 5.74) is 2.57. The molecule has 0 saturated carbocycles. The third-order valence-corrected chi connectivity index (χ3v) is 5.89. The molecule has 3 rings (SSSR count). The summed E-state index contributed by atoms with van der Waals surface area (Å²) in [5, 5.41) is 12.4. The van der Waals surface area contributed by atoms with Crippen LogP contribution in [0.5, 0.6) is 11.5 Å². The number of carbonyl (C=O) groups excluding carboxylic acids is 1. The van der Waals surface area contributed by atoms with E-state index in [1.54, 1.807) is 31.9 Å². The third kappa shape index (κ3) is 5.24. The SMILES string of the molecule is CCOc1ccc(C(C)=O)cc1CSc1nnc(Nc2ccc(OC)cc2)s1. The molecule has 0 aliphatic carbocycles. The van der Waals surface area contributed by atoms with E-state index in [1.807, 2.05) is 43.3 Å². The van der Waals surface area contributed by atoms with Crippen molar-refractivity contribution in [3.63, 3.8) is 0 Å². The van der Waals surface area contributed by atoms with Crippen LogP contribution in [0.3, 0.4) is 0 Å². The second kappa shape index (κ2) is 9.57. The zero-order valence-electron chi connectivity index (χ0n) is 15.9. The summed E-state index contributed by atoms with van der Waals surface area (Å²) in [6.45, 7) is 4.08. The van der Waals surface area contributed by atoms with Gasteiger partial charge in [0.25, 0.3) is 0 Å². The first kappa shape index (κ1) is 20.2. The normalized spacial score (nSPS) is 10.5. The molecule has 0 unspecified atom stereocenters. The number of Topliss-reactive ketones (excluding diaryl/α,β-unsaturated/α-hetero) is 1. The third-order valence-electron chi connectivity index (χ3n) is 3.87. The molecule has 28 heavy (non-hydrogen) atoms. The number of thioether (sulfide) groups is 1. The van der Waals surface area contributed by atoms with Gasteiger partial charge in [-0.1, -0.05) is 23.1 Å². The molecule has 0 bridgehead atoms. The van der Waals surface area contributed by atoms with E-state index < -0.39 is 0 Å². The first-order valence-electron chi connectivity index (χ1n) is 8.73. The first-order chi connectivity index (χ1) is 13.6. The molecule has 8 heteroatoms. The molecule has 6 nitrogen and oxygen atoms in total. The number of methoxy groups -OCH3 is 1. The van der Waals surface area contributed by atoms with Crippen LogP contribution in [-0.4, -0.2) is 29.7 Å². The number of hydrogen-bond acceptors (Lipinski definition) is 8. The van der Waals surface area contributed by atoms with Crippen LogP contribution in [0.2, 0.25) is 0 Å². The Morgan fingerprint density at radius 2 is 1.96 bits per heavy atom. The Balaban J connectivity index is 1.66. The summed E-state index contributed by atoms with van der Waals surface area (Å²) in [6.07, 6.45) is 0. The van der Waals surface area contributed by atoms with E-state index in [2.05, 4.69) is 15.5 Å². The number of rotatable bonds is 9. The van der Waals surface area contributed by atoms with E-state index in [0.29, 0.717) is 17.9 Å². The Hall–Kier alpha value is -2.58. The van der Waals surface area contributed by atoms with Crippen LogP contribution in [0.4, 0.5) is 10.8 Å². The fraction of sp³-hybridized carbons (Fsp3) is 0.250. The standard InChI is InChI=1S/C20H21N3O3S2/c1-4-26-18-10-5-14(13(2)24)11-15(18)12-27-20-23-22-19(28-20)21-16-6-8-17(25-3)9-7-16/h5-11H,4,12H2,1-3H3,(H,21,22). The Kier molecular flexibility index (Phi) is 6.89. The quantitative estimate of drug-likeness (QED) is 0.381. The van der Waals surface area contributed by atoms with Crippen LogP contribution >= 0.6 is 23.1 Å². The van der Waals surface area contributed by atoms with Crippen molar-refractivity contribution in [2.24, 2.45) is 0 Å². The van der Waals surface area contributed by atoms with Gasteiger partial charge in [0.1, 0.15) is 11.5 Å². The second-order valence-electron chi connectivity index (χ2n) is 5.83. The number of aromatic nitrogens is 2. The van der Waals surface area contributed by atoms with E-state index in [0.717, 1.165) is 32.2 Å². The minimum Gasteiger partial charge on any atom is -0.497 e. The zero-order valence-corrected chi connectivity index (χ0v) is 17.5. The number of benzene rings is 2. The lowest BCUT2D eigenvalue weighted by Gasteiger charge is -2.10. The molecule has 0 spiro atoms. The van der Waals surface area contributed by atoms with E-state index in [-0.39, 0.29) is 5.78 Å². The Morgan fingerprint density at radius 3 is 2.64 bits per heavy atom. The molecule has 2 aromatic carbocycles. The van der Waals surface area contributed by atoms with Gasteiger partial charge in [-0.15, -0.1) is 10.2 Å². The molecule has 0 amide bonds. The van der Waals surface area contributed by atoms with E-state index in [9.17, 15) is 4.79 Å². The van der Waals surface area contributed by atoms with Crippen LogP contribution in [-0.2, 0) is 5.75 Å². The van der Waals surface area contributed by atoms with Gasteiger partial charge in [-0.25, -0.2) is 0 Å². The lowest BCUT2D eigenvalue weighted by molar-refractivity contribution is 0.101. The first-order valence-corrected chi connectivity index (χ1v) is 10.5. The maximum atomic E-state index is 11.7. The Bertz CT molecular complexity index is 942. The van der Waals surface area contributed by atoms with Crippen molar-refractivity contribution in [2.75, 3.05) is 19.0 Å². The van der Waals surface area contributed by atoms with Crippen molar-refractivity contribution in [3.8, 4) is 11.5 Å². The highest BCUT2D eigenvalue weighted by molar-refractivity contribution is 8.00. The maximum absolute atomic E-state index is 11.7. The predicted molar refractivity (Wildman–Crippen MR) is 113 cm³/mol. The van der Waals surface area contributed by atoms with Crippen LogP contribution in [0.1, 0.15) is 29.8 Å². The van der Waals surface area contributed by atoms with Crippen molar-refractivity contribution in [1.82, 2.24) is 10.2 Å². The van der Waals surface area contributed by atoms with Crippen LogP contribution in [0, 0.1) is 0 Å². The number of nitrogens with one attached hydrogen (secondary N) is 1. The summed E-state index contributed by atoms with van der Waals surface area (Å²) >= 11 is 3.04. The summed E-state index contributed by atoms with van der Waals surface area (Å²) in [5.74, 6) is 2.28. The second-order valence-corrected chi connectivity index (χ2v) is 8.03. The highest BCUT2D eigenvalue weighted by Crippen LogP contribution is 2.33. The fourth-order valence-electron chi connectivity index (χ4n) is 2.46. The number of hydrogen-bond donors (Lipinski definition) is 1. The summed E-state index contributed by atoms with van der Waals surface area (Å²) in [4.78, 5) is 11.7. The van der Waals surface area contributed by atoms with Crippen molar-refractivity contribution < 1.29 is 14.3 Å². The average Bonchev–Trinajstić information content (AvgIpc) is 3.15. The van der Waals surface area contributed by atoms with Gasteiger partial charge in [-0.3, -0.25) is 4.79 Å².